The Balaban J connectivity index is 1.44. The van der Waals surface area contributed by atoms with Gasteiger partial charge in [-0.2, -0.15) is 5.26 Å². The first kappa shape index (κ1) is 23.1. The number of nitrogens with one attached hydrogen (secondary N) is 2. The van der Waals surface area contributed by atoms with Crippen LogP contribution in [0.5, 0.6) is 0 Å². The predicted molar refractivity (Wildman–Crippen MR) is 124 cm³/mol. The Hall–Kier alpha value is -3.02. The average Bonchev–Trinajstić information content (AvgIpc) is 3.43. The van der Waals surface area contributed by atoms with E-state index in [2.05, 4.69) is 16.7 Å². The third-order valence-electron chi connectivity index (χ3n) is 6.70. The van der Waals surface area contributed by atoms with E-state index < -0.39 is 11.9 Å². The number of fused-ring (bicyclic) bond motifs is 2. The van der Waals surface area contributed by atoms with Gasteiger partial charge in [0.2, 0.25) is 5.91 Å². The van der Waals surface area contributed by atoms with Crippen LogP contribution in [-0.4, -0.2) is 54.1 Å². The Morgan fingerprint density at radius 2 is 2.09 bits per heavy atom. The minimum absolute atomic E-state index is 0.0947. The van der Waals surface area contributed by atoms with Gasteiger partial charge in [-0.1, -0.05) is 12.1 Å². The molecule has 1 aromatic carbocycles. The number of rotatable bonds is 8. The summed E-state index contributed by atoms with van der Waals surface area (Å²) in [6, 6.07) is 9.45. The van der Waals surface area contributed by atoms with Crippen molar-refractivity contribution in [3.05, 3.63) is 58.3 Å². The predicted octanol–water partition coefficient (Wildman–Crippen LogP) is 1.91. The number of pyridine rings is 1. The van der Waals surface area contributed by atoms with Crippen molar-refractivity contribution in [1.82, 2.24) is 20.1 Å². The number of amides is 1. The van der Waals surface area contributed by atoms with Crippen molar-refractivity contribution in [2.24, 2.45) is 5.92 Å². The number of likely N-dealkylation sites (N-methyl/N-ethyl adjacent to an activating group) is 1. The lowest BCUT2D eigenvalue weighted by molar-refractivity contribution is -0.124. The molecule has 1 saturated heterocycles. The monoisotopic (exact) mass is 451 g/mol. The molecule has 2 N–H and O–H groups in total. The summed E-state index contributed by atoms with van der Waals surface area (Å²) in [6.07, 6.45) is 4.97. The van der Waals surface area contributed by atoms with Gasteiger partial charge in [0.25, 0.3) is 5.56 Å². The topological polar surface area (TPSA) is 90.2 Å². The molecule has 174 valence electrons. The summed E-state index contributed by atoms with van der Waals surface area (Å²) < 4.78 is 16.5. The first-order valence-electron chi connectivity index (χ1n) is 11.4. The lowest BCUT2D eigenvalue weighted by atomic mass is 9.98. The van der Waals surface area contributed by atoms with Crippen LogP contribution in [0, 0.1) is 23.1 Å². The fraction of sp³-hybridized carbons (Fsp3) is 0.480. The van der Waals surface area contributed by atoms with Crippen molar-refractivity contribution in [3.63, 3.8) is 0 Å². The third kappa shape index (κ3) is 5.32. The Morgan fingerprint density at radius 3 is 2.73 bits per heavy atom. The van der Waals surface area contributed by atoms with E-state index in [1.807, 2.05) is 19.0 Å². The van der Waals surface area contributed by atoms with Crippen LogP contribution in [0.15, 0.2) is 41.3 Å². The Kier molecular flexibility index (Phi) is 6.91. The van der Waals surface area contributed by atoms with Crippen LogP contribution >= 0.6 is 0 Å². The van der Waals surface area contributed by atoms with E-state index in [1.54, 1.807) is 29.0 Å². The zero-order chi connectivity index (χ0) is 23.5. The maximum Gasteiger partial charge on any atom is 0.250 e. The minimum atomic E-state index is -0.799. The van der Waals surface area contributed by atoms with Gasteiger partial charge < -0.3 is 20.1 Å². The molecule has 2 fully saturated rings. The van der Waals surface area contributed by atoms with E-state index in [4.69, 9.17) is 0 Å². The van der Waals surface area contributed by atoms with Crippen molar-refractivity contribution in [1.29, 1.82) is 5.26 Å². The van der Waals surface area contributed by atoms with Gasteiger partial charge in [-0.3, -0.25) is 9.59 Å². The summed E-state index contributed by atoms with van der Waals surface area (Å²) in [4.78, 5) is 26.7. The van der Waals surface area contributed by atoms with Gasteiger partial charge in [0.15, 0.2) is 0 Å². The van der Waals surface area contributed by atoms with E-state index in [0.717, 1.165) is 31.4 Å². The Labute approximate surface area is 193 Å². The van der Waals surface area contributed by atoms with Crippen molar-refractivity contribution in [3.8, 4) is 17.2 Å². The first-order chi connectivity index (χ1) is 15.8. The highest BCUT2D eigenvalue weighted by molar-refractivity contribution is 5.83. The number of nitrogens with zero attached hydrogens (tertiary/aromatic N) is 3. The summed E-state index contributed by atoms with van der Waals surface area (Å²) in [5.74, 6) is -0.289. The van der Waals surface area contributed by atoms with E-state index in [9.17, 15) is 19.2 Å². The molecule has 2 aliphatic rings. The largest absolute Gasteiger partial charge is 0.339 e. The van der Waals surface area contributed by atoms with Crippen LogP contribution in [0.25, 0.3) is 11.1 Å². The van der Waals surface area contributed by atoms with Gasteiger partial charge >= 0.3 is 0 Å². The SMILES string of the molecule is CN(C)CCn1cc(-c2ccc(CC(C#N)NC(=O)C3NC4CCC3C4)c(F)c2)ccc1=O. The van der Waals surface area contributed by atoms with Gasteiger partial charge in [0, 0.05) is 37.8 Å². The molecule has 8 heteroatoms. The van der Waals surface area contributed by atoms with Crippen molar-refractivity contribution in [2.75, 3.05) is 20.6 Å². The fourth-order valence-electron chi connectivity index (χ4n) is 4.84. The highest BCUT2D eigenvalue weighted by Crippen LogP contribution is 2.35. The molecule has 1 aliphatic heterocycles. The summed E-state index contributed by atoms with van der Waals surface area (Å²) in [5.41, 5.74) is 1.66. The van der Waals surface area contributed by atoms with Gasteiger partial charge in [0.1, 0.15) is 11.9 Å². The Bertz CT molecular complexity index is 1120. The quantitative estimate of drug-likeness (QED) is 0.640. The fourth-order valence-corrected chi connectivity index (χ4v) is 4.84. The molecule has 2 bridgehead atoms. The van der Waals surface area contributed by atoms with Gasteiger partial charge in [-0.15, -0.1) is 0 Å². The molecule has 4 rings (SSSR count). The van der Waals surface area contributed by atoms with Gasteiger partial charge in [0.05, 0.1) is 12.1 Å². The van der Waals surface area contributed by atoms with E-state index in [1.165, 1.54) is 12.1 Å². The lowest BCUT2D eigenvalue weighted by Crippen LogP contribution is -2.50. The van der Waals surface area contributed by atoms with Crippen molar-refractivity contribution in [2.45, 2.75) is 50.4 Å². The number of piperidine rings is 1. The molecular weight excluding hydrogens is 421 g/mol. The first-order valence-corrected chi connectivity index (χ1v) is 11.4. The van der Waals surface area contributed by atoms with Crippen molar-refractivity contribution < 1.29 is 9.18 Å². The maximum atomic E-state index is 14.9. The smallest absolute Gasteiger partial charge is 0.250 e. The molecule has 1 saturated carbocycles. The van der Waals surface area contributed by atoms with E-state index in [-0.39, 0.29) is 23.9 Å². The number of hydrogen-bond donors (Lipinski definition) is 2. The van der Waals surface area contributed by atoms with Gasteiger partial charge in [-0.05, 0) is 68.1 Å². The lowest BCUT2D eigenvalue weighted by Gasteiger charge is -2.23. The summed E-state index contributed by atoms with van der Waals surface area (Å²) >= 11 is 0. The second kappa shape index (κ2) is 9.86. The second-order valence-electron chi connectivity index (χ2n) is 9.37. The summed E-state index contributed by atoms with van der Waals surface area (Å²) in [5, 5.41) is 15.6. The highest BCUT2D eigenvalue weighted by Gasteiger charge is 2.43. The molecule has 2 heterocycles. The zero-order valence-corrected chi connectivity index (χ0v) is 19.1. The molecule has 0 radical (unpaired) electrons. The average molecular weight is 452 g/mol. The number of nitriles is 1. The van der Waals surface area contributed by atoms with Crippen LogP contribution in [0.1, 0.15) is 24.8 Å². The normalized spacial score (nSPS) is 22.3. The van der Waals surface area contributed by atoms with E-state index >= 15 is 0 Å². The van der Waals surface area contributed by atoms with Crippen LogP contribution in [0.3, 0.4) is 0 Å². The Morgan fingerprint density at radius 1 is 1.30 bits per heavy atom. The van der Waals surface area contributed by atoms with Crippen LogP contribution < -0.4 is 16.2 Å². The molecule has 0 spiro atoms. The number of aromatic nitrogens is 1. The van der Waals surface area contributed by atoms with Crippen molar-refractivity contribution >= 4 is 5.91 Å². The van der Waals surface area contributed by atoms with E-state index in [0.29, 0.717) is 29.6 Å². The molecule has 7 nitrogen and oxygen atoms in total. The zero-order valence-electron chi connectivity index (χ0n) is 19.1. The third-order valence-corrected chi connectivity index (χ3v) is 6.70. The van der Waals surface area contributed by atoms with Crippen LogP contribution in [-0.2, 0) is 17.8 Å². The molecule has 4 atom stereocenters. The number of carbonyl (C=O) groups is 1. The molecule has 1 amide bonds. The van der Waals surface area contributed by atoms with Crippen LogP contribution in [0.4, 0.5) is 4.39 Å². The van der Waals surface area contributed by atoms with Crippen LogP contribution in [0.2, 0.25) is 0 Å². The molecule has 1 aliphatic carbocycles. The number of benzene rings is 1. The second-order valence-corrected chi connectivity index (χ2v) is 9.37. The summed E-state index contributed by atoms with van der Waals surface area (Å²) in [7, 11) is 3.88. The number of carbonyl (C=O) groups excluding carboxylic acids is 1. The van der Waals surface area contributed by atoms with Gasteiger partial charge in [-0.25, -0.2) is 4.39 Å². The molecular formula is C25H30FN5O2. The minimum Gasteiger partial charge on any atom is -0.339 e. The molecule has 33 heavy (non-hydrogen) atoms. The molecule has 1 aromatic heterocycles. The molecule has 2 aromatic rings. The standard InChI is InChI=1S/C25H30FN5O2/c1-30(2)9-10-31-15-19(6-8-23(31)32)16-3-4-17(22(26)13-16)11-21(14-27)29-25(33)24-18-5-7-20(12-18)28-24/h3-4,6,8,13,15,18,20-21,24,28H,5,7,9-12H2,1-2H3,(H,29,33). The molecule has 4 unspecified atom stereocenters. The highest BCUT2D eigenvalue weighted by atomic mass is 19.1. The number of halogens is 1. The maximum absolute atomic E-state index is 14.9. The number of hydrogen-bond acceptors (Lipinski definition) is 5. The summed E-state index contributed by atoms with van der Waals surface area (Å²) in [6.45, 7) is 1.26.